The lowest BCUT2D eigenvalue weighted by molar-refractivity contribution is -0.117. The Balaban J connectivity index is 2.90. The van der Waals surface area contributed by atoms with Gasteiger partial charge in [0.05, 0.1) is 5.57 Å². The van der Waals surface area contributed by atoms with Crippen LogP contribution in [-0.4, -0.2) is 22.9 Å². The van der Waals surface area contributed by atoms with Crippen LogP contribution >= 0.6 is 0 Å². The number of aliphatic hydroxyl groups excluding tert-OH is 1. The third kappa shape index (κ3) is 3.95. The minimum Gasteiger partial charge on any atom is -0.511 e. The number of hydrogen-bond acceptors (Lipinski definition) is 3. The van der Waals surface area contributed by atoms with Gasteiger partial charge in [-0.3, -0.25) is 4.79 Å². The fourth-order valence-corrected chi connectivity index (χ4v) is 1.82. The van der Waals surface area contributed by atoms with Gasteiger partial charge in [-0.1, -0.05) is 19.9 Å². The van der Waals surface area contributed by atoms with E-state index in [4.69, 9.17) is 0 Å². The van der Waals surface area contributed by atoms with E-state index >= 15 is 0 Å². The normalized spacial score (nSPS) is 21.3. The van der Waals surface area contributed by atoms with Crippen LogP contribution in [0.4, 0.5) is 0 Å². The van der Waals surface area contributed by atoms with E-state index in [0.717, 1.165) is 0 Å². The second kappa shape index (κ2) is 5.76. The van der Waals surface area contributed by atoms with Crippen molar-refractivity contribution in [3.63, 3.8) is 0 Å². The second-order valence-corrected chi connectivity index (χ2v) is 5.22. The molecule has 0 spiro atoms. The first-order valence-electron chi connectivity index (χ1n) is 6.00. The van der Waals surface area contributed by atoms with Gasteiger partial charge in [0, 0.05) is 25.3 Å². The molecule has 98 valence electrons. The van der Waals surface area contributed by atoms with Crippen molar-refractivity contribution in [2.45, 2.75) is 40.5 Å². The largest absolute Gasteiger partial charge is 0.511 e. The molecule has 0 aliphatic heterocycles. The van der Waals surface area contributed by atoms with Gasteiger partial charge in [-0.15, -0.1) is 0 Å². The molecule has 18 heavy (non-hydrogen) atoms. The quantitative estimate of drug-likeness (QED) is 0.602. The van der Waals surface area contributed by atoms with E-state index in [1.165, 1.54) is 6.21 Å². The van der Waals surface area contributed by atoms with Gasteiger partial charge in [-0.05, 0) is 19.3 Å². The summed E-state index contributed by atoms with van der Waals surface area (Å²) in [5.74, 6) is 0.608. The molecule has 0 heterocycles. The van der Waals surface area contributed by atoms with E-state index in [9.17, 15) is 9.90 Å². The van der Waals surface area contributed by atoms with Crippen LogP contribution in [0, 0.1) is 5.41 Å². The summed E-state index contributed by atoms with van der Waals surface area (Å²) in [6, 6.07) is 0. The zero-order valence-electron chi connectivity index (χ0n) is 11.4. The summed E-state index contributed by atoms with van der Waals surface area (Å²) in [5.41, 5.74) is 0.136. The van der Waals surface area contributed by atoms with Crippen LogP contribution in [0.15, 0.2) is 33.6 Å². The van der Waals surface area contributed by atoms with Crippen LogP contribution in [0.5, 0.6) is 0 Å². The number of carbonyl (C=O) groups excluding carboxylic acids is 1. The van der Waals surface area contributed by atoms with Gasteiger partial charge < -0.3 is 5.11 Å². The van der Waals surface area contributed by atoms with Crippen molar-refractivity contribution in [1.29, 1.82) is 0 Å². The number of hydrogen-bond donors (Lipinski definition) is 1. The van der Waals surface area contributed by atoms with Crippen molar-refractivity contribution < 1.29 is 9.90 Å². The zero-order chi connectivity index (χ0) is 13.8. The number of aliphatic imine (C=N–C) groups is 2. The molecule has 0 bridgehead atoms. The van der Waals surface area contributed by atoms with Gasteiger partial charge in [0.1, 0.15) is 11.6 Å². The third-order valence-corrected chi connectivity index (χ3v) is 2.69. The summed E-state index contributed by atoms with van der Waals surface area (Å²) in [5, 5.41) is 9.88. The molecule has 1 rings (SSSR count). The predicted octanol–water partition coefficient (Wildman–Crippen LogP) is 3.21. The molecular weight excluding hydrogens is 228 g/mol. The maximum Gasteiger partial charge on any atom is 0.168 e. The van der Waals surface area contributed by atoms with Crippen molar-refractivity contribution in [2.24, 2.45) is 15.4 Å². The predicted molar refractivity (Wildman–Crippen MR) is 74.1 cm³/mol. The van der Waals surface area contributed by atoms with Crippen LogP contribution < -0.4 is 0 Å². The lowest BCUT2D eigenvalue weighted by Crippen LogP contribution is -2.26. The summed E-state index contributed by atoms with van der Waals surface area (Å²) in [4.78, 5) is 20.0. The van der Waals surface area contributed by atoms with Crippen LogP contribution in [0.25, 0.3) is 0 Å². The summed E-state index contributed by atoms with van der Waals surface area (Å²) in [6.45, 7) is 7.54. The highest BCUT2D eigenvalue weighted by Crippen LogP contribution is 2.35. The standard InChI is InChI=1S/C14H20N2O2/c1-5-6-15-10(2)16-9-11-12(17)7-14(3,4)8-13(11)18/h5-6,9,17H,7-8H2,1-4H3/b6-5-,15-10?,16-9?. The Hall–Kier alpha value is -1.71. The molecule has 0 aromatic rings. The number of rotatable bonds is 2. The van der Waals surface area contributed by atoms with Gasteiger partial charge in [0.2, 0.25) is 0 Å². The lowest BCUT2D eigenvalue weighted by Gasteiger charge is -2.28. The summed E-state index contributed by atoms with van der Waals surface area (Å²) in [7, 11) is 0. The first-order chi connectivity index (χ1) is 8.35. The fraction of sp³-hybridized carbons (Fsp3) is 0.500. The van der Waals surface area contributed by atoms with Crippen molar-refractivity contribution in [3.8, 4) is 0 Å². The number of Topliss-reactive ketones (excluding diaryl/α,β-unsaturated/α-hetero) is 1. The van der Waals surface area contributed by atoms with Crippen LogP contribution in [0.2, 0.25) is 0 Å². The van der Waals surface area contributed by atoms with E-state index < -0.39 is 0 Å². The van der Waals surface area contributed by atoms with Gasteiger partial charge >= 0.3 is 0 Å². The van der Waals surface area contributed by atoms with Gasteiger partial charge in [-0.2, -0.15) is 0 Å². The Labute approximate surface area is 108 Å². The van der Waals surface area contributed by atoms with Crippen molar-refractivity contribution in [1.82, 2.24) is 0 Å². The number of nitrogens with zero attached hydrogens (tertiary/aromatic N) is 2. The second-order valence-electron chi connectivity index (χ2n) is 5.22. The van der Waals surface area contributed by atoms with E-state index in [2.05, 4.69) is 9.98 Å². The average molecular weight is 248 g/mol. The van der Waals surface area contributed by atoms with Gasteiger partial charge in [0.15, 0.2) is 5.78 Å². The fourth-order valence-electron chi connectivity index (χ4n) is 1.82. The Kier molecular flexibility index (Phi) is 4.59. The van der Waals surface area contributed by atoms with Gasteiger partial charge in [-0.25, -0.2) is 9.98 Å². The lowest BCUT2D eigenvalue weighted by atomic mass is 9.77. The SMILES string of the molecule is C/C=C\N=C(C)N=CC1=C(O)CC(C)(C)CC1=O. The maximum absolute atomic E-state index is 11.9. The molecule has 4 nitrogen and oxygen atoms in total. The molecule has 0 atom stereocenters. The minimum absolute atomic E-state index is 0.0636. The average Bonchev–Trinajstić information content (AvgIpc) is 2.23. The number of carbonyl (C=O) groups is 1. The Morgan fingerprint density at radius 1 is 1.39 bits per heavy atom. The van der Waals surface area contributed by atoms with E-state index in [1.807, 2.05) is 20.8 Å². The molecular formula is C14H20N2O2. The Bertz CT molecular complexity index is 454. The molecule has 1 aliphatic carbocycles. The van der Waals surface area contributed by atoms with Gasteiger partial charge in [0.25, 0.3) is 0 Å². The smallest absolute Gasteiger partial charge is 0.168 e. The molecule has 0 unspecified atom stereocenters. The molecule has 0 fully saturated rings. The zero-order valence-corrected chi connectivity index (χ0v) is 11.4. The molecule has 0 aromatic carbocycles. The molecule has 0 radical (unpaired) electrons. The number of allylic oxidation sites excluding steroid dienone is 3. The van der Waals surface area contributed by atoms with Crippen molar-refractivity contribution in [2.75, 3.05) is 0 Å². The number of ketones is 1. The topological polar surface area (TPSA) is 62.0 Å². The van der Waals surface area contributed by atoms with E-state index in [1.54, 1.807) is 19.2 Å². The molecule has 0 saturated heterocycles. The Morgan fingerprint density at radius 3 is 2.61 bits per heavy atom. The first-order valence-corrected chi connectivity index (χ1v) is 6.00. The first kappa shape index (κ1) is 14.4. The highest BCUT2D eigenvalue weighted by atomic mass is 16.3. The maximum atomic E-state index is 11.9. The minimum atomic E-state index is -0.174. The molecule has 0 aromatic heterocycles. The highest BCUT2D eigenvalue weighted by molar-refractivity contribution is 6.16. The van der Waals surface area contributed by atoms with E-state index in [0.29, 0.717) is 24.3 Å². The summed E-state index contributed by atoms with van der Waals surface area (Å²) in [6.07, 6.45) is 5.78. The van der Waals surface area contributed by atoms with Crippen LogP contribution in [0.1, 0.15) is 40.5 Å². The monoisotopic (exact) mass is 248 g/mol. The number of amidine groups is 1. The van der Waals surface area contributed by atoms with Crippen LogP contribution in [0.3, 0.4) is 0 Å². The Morgan fingerprint density at radius 2 is 2.06 bits per heavy atom. The van der Waals surface area contributed by atoms with Crippen LogP contribution in [-0.2, 0) is 4.79 Å². The van der Waals surface area contributed by atoms with E-state index in [-0.39, 0.29) is 17.0 Å². The number of aliphatic hydroxyl groups is 1. The summed E-state index contributed by atoms with van der Waals surface area (Å²) >= 11 is 0. The van der Waals surface area contributed by atoms with Crippen molar-refractivity contribution >= 4 is 17.8 Å². The highest BCUT2D eigenvalue weighted by Gasteiger charge is 2.32. The molecule has 0 saturated carbocycles. The third-order valence-electron chi connectivity index (χ3n) is 2.69. The van der Waals surface area contributed by atoms with Crippen molar-refractivity contribution in [3.05, 3.63) is 23.6 Å². The molecule has 1 N–H and O–H groups in total. The molecule has 0 amide bonds. The summed E-state index contributed by atoms with van der Waals surface area (Å²) < 4.78 is 0. The molecule has 1 aliphatic rings. The molecule has 4 heteroatoms.